The zero-order chi connectivity index (χ0) is 16.3. The van der Waals surface area contributed by atoms with E-state index >= 15 is 0 Å². The van der Waals surface area contributed by atoms with Crippen LogP contribution in [0.25, 0.3) is 0 Å². The molecule has 6 heteroatoms. The van der Waals surface area contributed by atoms with Gasteiger partial charge < -0.3 is 14.4 Å². The molecule has 0 bridgehead atoms. The lowest BCUT2D eigenvalue weighted by atomic mass is 10.2. The average molecular weight is 305 g/mol. The van der Waals surface area contributed by atoms with Crippen LogP contribution in [-0.4, -0.2) is 28.9 Å². The molecule has 0 radical (unpaired) electrons. The number of hydrogen-bond acceptors (Lipinski definition) is 3. The summed E-state index contributed by atoms with van der Waals surface area (Å²) in [5, 5.41) is 9.07. The third-order valence-corrected chi connectivity index (χ3v) is 3.23. The SMILES string of the molecule is CCc1oc(C(=O)N(C)Cc2cccc(F)c2)cc1C(=O)O. The quantitative estimate of drug-likeness (QED) is 0.922. The molecule has 1 aromatic heterocycles. The lowest BCUT2D eigenvalue weighted by Gasteiger charge is -2.15. The summed E-state index contributed by atoms with van der Waals surface area (Å²) < 4.78 is 18.5. The van der Waals surface area contributed by atoms with Crippen molar-refractivity contribution in [2.45, 2.75) is 19.9 Å². The monoisotopic (exact) mass is 305 g/mol. The van der Waals surface area contributed by atoms with Gasteiger partial charge in [-0.25, -0.2) is 9.18 Å². The number of carboxylic acids is 1. The van der Waals surface area contributed by atoms with Crippen molar-refractivity contribution in [3.63, 3.8) is 0 Å². The number of hydrogen-bond donors (Lipinski definition) is 1. The molecule has 0 aliphatic rings. The van der Waals surface area contributed by atoms with Crippen molar-refractivity contribution in [2.75, 3.05) is 7.05 Å². The second-order valence-electron chi connectivity index (χ2n) is 4.90. The summed E-state index contributed by atoms with van der Waals surface area (Å²) in [4.78, 5) is 24.7. The molecule has 116 valence electrons. The summed E-state index contributed by atoms with van der Waals surface area (Å²) in [6, 6.07) is 7.16. The largest absolute Gasteiger partial charge is 0.478 e. The number of amides is 1. The summed E-state index contributed by atoms with van der Waals surface area (Å²) in [7, 11) is 1.54. The number of aromatic carboxylic acids is 1. The van der Waals surface area contributed by atoms with Gasteiger partial charge in [0.25, 0.3) is 5.91 Å². The summed E-state index contributed by atoms with van der Waals surface area (Å²) >= 11 is 0. The Morgan fingerprint density at radius 2 is 2.05 bits per heavy atom. The molecule has 1 heterocycles. The molecule has 1 N–H and O–H groups in total. The molecule has 2 aromatic rings. The molecule has 0 saturated heterocycles. The first-order valence-corrected chi connectivity index (χ1v) is 6.78. The predicted octanol–water partition coefficient (Wildman–Crippen LogP) is 2.95. The number of carboxylic acid groups (broad SMARTS) is 1. The maximum absolute atomic E-state index is 13.1. The first kappa shape index (κ1) is 15.8. The minimum atomic E-state index is -1.13. The Kier molecular flexibility index (Phi) is 4.60. The fourth-order valence-electron chi connectivity index (χ4n) is 2.15. The van der Waals surface area contributed by atoms with Gasteiger partial charge in [-0.05, 0) is 17.7 Å². The molecule has 1 aromatic carbocycles. The topological polar surface area (TPSA) is 70.8 Å². The van der Waals surface area contributed by atoms with Gasteiger partial charge in [0.2, 0.25) is 0 Å². The highest BCUT2D eigenvalue weighted by atomic mass is 19.1. The molecule has 22 heavy (non-hydrogen) atoms. The molecule has 0 fully saturated rings. The molecule has 0 atom stereocenters. The molecule has 2 rings (SSSR count). The van der Waals surface area contributed by atoms with Gasteiger partial charge >= 0.3 is 5.97 Å². The normalized spacial score (nSPS) is 10.5. The lowest BCUT2D eigenvalue weighted by Crippen LogP contribution is -2.25. The van der Waals surface area contributed by atoms with E-state index in [1.54, 1.807) is 26.1 Å². The molecule has 0 spiro atoms. The summed E-state index contributed by atoms with van der Waals surface area (Å²) in [6.45, 7) is 1.94. The Labute approximate surface area is 127 Å². The van der Waals surface area contributed by atoms with Gasteiger partial charge in [-0.15, -0.1) is 0 Å². The van der Waals surface area contributed by atoms with Crippen LogP contribution in [0.1, 0.15) is 39.2 Å². The van der Waals surface area contributed by atoms with Crippen molar-refractivity contribution in [2.24, 2.45) is 0 Å². The molecule has 0 aliphatic heterocycles. The van der Waals surface area contributed by atoms with E-state index < -0.39 is 11.9 Å². The summed E-state index contributed by atoms with van der Waals surface area (Å²) in [5.41, 5.74) is 0.626. The summed E-state index contributed by atoms with van der Waals surface area (Å²) in [5.74, 6) is -1.74. The van der Waals surface area contributed by atoms with Crippen LogP contribution < -0.4 is 0 Å². The number of carbonyl (C=O) groups excluding carboxylic acids is 1. The number of halogens is 1. The average Bonchev–Trinajstić information content (AvgIpc) is 2.90. The zero-order valence-corrected chi connectivity index (χ0v) is 12.3. The Morgan fingerprint density at radius 1 is 1.32 bits per heavy atom. The standard InChI is InChI=1S/C16H16FNO4/c1-3-13-12(16(20)21)8-14(22-13)15(19)18(2)9-10-5-4-6-11(17)7-10/h4-8H,3,9H2,1-2H3,(H,20,21). The van der Waals surface area contributed by atoms with Gasteiger partial charge in [0.15, 0.2) is 5.76 Å². The van der Waals surface area contributed by atoms with E-state index in [4.69, 9.17) is 9.52 Å². The lowest BCUT2D eigenvalue weighted by molar-refractivity contribution is 0.0693. The van der Waals surface area contributed by atoms with Crippen molar-refractivity contribution >= 4 is 11.9 Å². The molecule has 5 nitrogen and oxygen atoms in total. The van der Waals surface area contributed by atoms with Crippen molar-refractivity contribution in [1.29, 1.82) is 0 Å². The van der Waals surface area contributed by atoms with Crippen LogP contribution in [0.4, 0.5) is 4.39 Å². The van der Waals surface area contributed by atoms with Gasteiger partial charge in [0.1, 0.15) is 17.1 Å². The number of benzene rings is 1. The highest BCUT2D eigenvalue weighted by molar-refractivity contribution is 5.96. The molecular formula is C16H16FNO4. The Balaban J connectivity index is 2.18. The van der Waals surface area contributed by atoms with Crippen LogP contribution in [0.15, 0.2) is 34.7 Å². The number of nitrogens with zero attached hydrogens (tertiary/aromatic N) is 1. The highest BCUT2D eigenvalue weighted by Crippen LogP contribution is 2.18. The van der Waals surface area contributed by atoms with Gasteiger partial charge in [0.05, 0.1) is 0 Å². The van der Waals surface area contributed by atoms with Gasteiger partial charge in [-0.2, -0.15) is 0 Å². The fourth-order valence-corrected chi connectivity index (χ4v) is 2.15. The van der Waals surface area contributed by atoms with Crippen LogP contribution in [0, 0.1) is 5.82 Å². The first-order chi connectivity index (χ1) is 10.4. The molecule has 0 aliphatic carbocycles. The first-order valence-electron chi connectivity index (χ1n) is 6.78. The predicted molar refractivity (Wildman–Crippen MR) is 77.2 cm³/mol. The third-order valence-electron chi connectivity index (χ3n) is 3.23. The van der Waals surface area contributed by atoms with Gasteiger partial charge in [0, 0.05) is 26.1 Å². The molecule has 0 saturated carbocycles. The number of aryl methyl sites for hydroxylation is 1. The summed E-state index contributed by atoms with van der Waals surface area (Å²) in [6.07, 6.45) is 0.378. The second-order valence-corrected chi connectivity index (χ2v) is 4.90. The molecular weight excluding hydrogens is 289 g/mol. The van der Waals surface area contributed by atoms with E-state index in [1.165, 1.54) is 23.1 Å². The van der Waals surface area contributed by atoms with E-state index in [2.05, 4.69) is 0 Å². The highest BCUT2D eigenvalue weighted by Gasteiger charge is 2.22. The molecule has 1 amide bonds. The number of carbonyl (C=O) groups is 2. The smallest absolute Gasteiger partial charge is 0.339 e. The second kappa shape index (κ2) is 6.43. The Hall–Kier alpha value is -2.63. The third kappa shape index (κ3) is 3.33. The number of furan rings is 1. The maximum Gasteiger partial charge on any atom is 0.339 e. The van der Waals surface area contributed by atoms with Crippen LogP contribution in [0.3, 0.4) is 0 Å². The molecule has 0 unspecified atom stereocenters. The van der Waals surface area contributed by atoms with Gasteiger partial charge in [-0.1, -0.05) is 19.1 Å². The zero-order valence-electron chi connectivity index (χ0n) is 12.3. The van der Waals surface area contributed by atoms with Crippen molar-refractivity contribution in [3.8, 4) is 0 Å². The maximum atomic E-state index is 13.1. The Morgan fingerprint density at radius 3 is 2.59 bits per heavy atom. The Bertz CT molecular complexity index is 708. The minimum absolute atomic E-state index is 0.00925. The van der Waals surface area contributed by atoms with E-state index in [9.17, 15) is 14.0 Å². The number of rotatable bonds is 5. The van der Waals surface area contributed by atoms with Crippen molar-refractivity contribution in [3.05, 3.63) is 58.8 Å². The van der Waals surface area contributed by atoms with E-state index in [-0.39, 0.29) is 29.4 Å². The van der Waals surface area contributed by atoms with Crippen LogP contribution >= 0.6 is 0 Å². The fraction of sp³-hybridized carbons (Fsp3) is 0.250. The van der Waals surface area contributed by atoms with Crippen molar-refractivity contribution in [1.82, 2.24) is 4.90 Å². The van der Waals surface area contributed by atoms with Crippen LogP contribution in [0.5, 0.6) is 0 Å². The van der Waals surface area contributed by atoms with E-state index in [1.807, 2.05) is 0 Å². The van der Waals surface area contributed by atoms with Crippen LogP contribution in [-0.2, 0) is 13.0 Å². The van der Waals surface area contributed by atoms with Gasteiger partial charge in [-0.3, -0.25) is 4.79 Å². The van der Waals surface area contributed by atoms with Crippen LogP contribution in [0.2, 0.25) is 0 Å². The van der Waals surface area contributed by atoms with Crippen molar-refractivity contribution < 1.29 is 23.5 Å². The van der Waals surface area contributed by atoms with E-state index in [0.717, 1.165) is 0 Å². The minimum Gasteiger partial charge on any atom is -0.478 e. The van der Waals surface area contributed by atoms with E-state index in [0.29, 0.717) is 12.0 Å².